The van der Waals surface area contributed by atoms with Crippen LogP contribution in [0, 0.1) is 5.82 Å². The number of carbonyl (C=O) groups excluding carboxylic acids is 1. The third-order valence-electron chi connectivity index (χ3n) is 5.23. The van der Waals surface area contributed by atoms with Gasteiger partial charge in [0.25, 0.3) is 5.56 Å². The van der Waals surface area contributed by atoms with E-state index < -0.39 is 29.9 Å². The Morgan fingerprint density at radius 1 is 1.08 bits per heavy atom. The lowest BCUT2D eigenvalue weighted by Crippen LogP contribution is -2.20. The van der Waals surface area contributed by atoms with E-state index in [0.29, 0.717) is 24.3 Å². The van der Waals surface area contributed by atoms with Crippen molar-refractivity contribution in [2.75, 3.05) is 39.2 Å². The number of ether oxygens (including phenoxy) is 2. The van der Waals surface area contributed by atoms with E-state index in [1.807, 2.05) is 4.90 Å². The standard InChI is InChI=1S/C26H27F4N3O4/c1-4-36-23-14-24(34)31-15-21(23)16-5-6-17(22(27)9-16)10-25(35)32-19-11-18(26(28,29)30)12-20(13-19)37-8-7-33(2)3/h5-6,9,11-15H,4,7-8,10H2,1-3H3,(H,31,34)(H,32,35). The van der Waals surface area contributed by atoms with Crippen molar-refractivity contribution < 1.29 is 31.8 Å². The van der Waals surface area contributed by atoms with Gasteiger partial charge >= 0.3 is 6.18 Å². The molecule has 1 amide bonds. The normalized spacial score (nSPS) is 11.5. The number of hydrogen-bond acceptors (Lipinski definition) is 5. The molecule has 3 rings (SSSR count). The number of nitrogens with zero attached hydrogens (tertiary/aromatic N) is 1. The van der Waals surface area contributed by atoms with Gasteiger partial charge in [0.1, 0.15) is 23.9 Å². The van der Waals surface area contributed by atoms with Crippen molar-refractivity contribution in [3.05, 3.63) is 76.0 Å². The predicted octanol–water partition coefficient (Wildman–Crippen LogP) is 4.72. The van der Waals surface area contributed by atoms with Gasteiger partial charge in [0, 0.05) is 36.1 Å². The Labute approximate surface area is 211 Å². The second-order valence-corrected chi connectivity index (χ2v) is 8.43. The van der Waals surface area contributed by atoms with E-state index in [2.05, 4.69) is 10.3 Å². The summed E-state index contributed by atoms with van der Waals surface area (Å²) in [7, 11) is 3.59. The number of rotatable bonds is 10. The van der Waals surface area contributed by atoms with E-state index in [0.717, 1.165) is 12.1 Å². The fourth-order valence-electron chi connectivity index (χ4n) is 3.45. The number of carbonyl (C=O) groups is 1. The lowest BCUT2D eigenvalue weighted by atomic mass is 10.0. The molecule has 2 N–H and O–H groups in total. The molecule has 1 aromatic heterocycles. The number of halogens is 4. The summed E-state index contributed by atoms with van der Waals surface area (Å²) in [6, 6.07) is 8.34. The van der Waals surface area contributed by atoms with Crippen molar-refractivity contribution in [1.29, 1.82) is 0 Å². The number of amides is 1. The van der Waals surface area contributed by atoms with E-state index in [1.54, 1.807) is 27.1 Å². The first-order valence-corrected chi connectivity index (χ1v) is 11.4. The average molecular weight is 522 g/mol. The van der Waals surface area contributed by atoms with Gasteiger partial charge in [-0.2, -0.15) is 13.2 Å². The molecule has 0 atom stereocenters. The largest absolute Gasteiger partial charge is 0.493 e. The van der Waals surface area contributed by atoms with Crippen LogP contribution < -0.4 is 20.3 Å². The Hall–Kier alpha value is -3.86. The maximum atomic E-state index is 14.9. The maximum absolute atomic E-state index is 14.9. The fraction of sp³-hybridized carbons (Fsp3) is 0.308. The van der Waals surface area contributed by atoms with Crippen LogP contribution in [0.2, 0.25) is 0 Å². The SMILES string of the molecule is CCOc1cc(=O)[nH]cc1-c1ccc(CC(=O)Nc2cc(OCCN(C)C)cc(C(F)(F)F)c2)c(F)c1. The summed E-state index contributed by atoms with van der Waals surface area (Å²) in [6.07, 6.45) is -3.66. The number of aromatic amines is 1. The minimum atomic E-state index is -4.65. The molecule has 3 aromatic rings. The molecule has 0 aliphatic carbocycles. The second kappa shape index (κ2) is 11.9. The van der Waals surface area contributed by atoms with E-state index in [1.165, 1.54) is 30.5 Å². The summed E-state index contributed by atoms with van der Waals surface area (Å²) in [5.74, 6) is -1.17. The first-order chi connectivity index (χ1) is 17.5. The summed E-state index contributed by atoms with van der Waals surface area (Å²) >= 11 is 0. The zero-order valence-corrected chi connectivity index (χ0v) is 20.5. The minimum absolute atomic E-state index is 0.0399. The molecule has 0 aliphatic heterocycles. The lowest BCUT2D eigenvalue weighted by molar-refractivity contribution is -0.137. The van der Waals surface area contributed by atoms with Crippen LogP contribution in [-0.4, -0.2) is 49.6 Å². The number of anilines is 1. The van der Waals surface area contributed by atoms with Crippen molar-refractivity contribution >= 4 is 11.6 Å². The van der Waals surface area contributed by atoms with Crippen LogP contribution in [-0.2, 0) is 17.4 Å². The minimum Gasteiger partial charge on any atom is -0.493 e. The Kier molecular flexibility index (Phi) is 8.93. The van der Waals surface area contributed by atoms with Crippen LogP contribution in [0.1, 0.15) is 18.1 Å². The van der Waals surface area contributed by atoms with Crippen LogP contribution >= 0.6 is 0 Å². The van der Waals surface area contributed by atoms with Gasteiger partial charge in [-0.05, 0) is 50.3 Å². The average Bonchev–Trinajstić information content (AvgIpc) is 2.80. The molecule has 0 saturated heterocycles. The van der Waals surface area contributed by atoms with Crippen LogP contribution in [0.4, 0.5) is 23.2 Å². The van der Waals surface area contributed by atoms with Gasteiger partial charge in [0.2, 0.25) is 5.91 Å². The first-order valence-electron chi connectivity index (χ1n) is 11.4. The first kappa shape index (κ1) is 27.7. The topological polar surface area (TPSA) is 83.7 Å². The monoisotopic (exact) mass is 521 g/mol. The van der Waals surface area contributed by atoms with Gasteiger partial charge in [0.15, 0.2) is 0 Å². The number of alkyl halides is 3. The van der Waals surface area contributed by atoms with Gasteiger partial charge in [-0.15, -0.1) is 0 Å². The molecule has 0 radical (unpaired) electrons. The van der Waals surface area contributed by atoms with Crippen LogP contribution in [0.25, 0.3) is 11.1 Å². The van der Waals surface area contributed by atoms with E-state index in [4.69, 9.17) is 9.47 Å². The van der Waals surface area contributed by atoms with E-state index in [-0.39, 0.29) is 34.9 Å². The highest BCUT2D eigenvalue weighted by molar-refractivity contribution is 5.92. The smallest absolute Gasteiger partial charge is 0.416 e. The summed E-state index contributed by atoms with van der Waals surface area (Å²) in [5.41, 5.74) is -0.557. The van der Waals surface area contributed by atoms with Crippen LogP contribution in [0.3, 0.4) is 0 Å². The number of hydrogen-bond donors (Lipinski definition) is 2. The van der Waals surface area contributed by atoms with Crippen LogP contribution in [0.15, 0.2) is 53.5 Å². The van der Waals surface area contributed by atoms with Crippen molar-refractivity contribution in [1.82, 2.24) is 9.88 Å². The molecule has 0 fully saturated rings. The number of nitrogens with one attached hydrogen (secondary N) is 2. The quantitative estimate of drug-likeness (QED) is 0.378. The second-order valence-electron chi connectivity index (χ2n) is 8.43. The van der Waals surface area contributed by atoms with Gasteiger partial charge in [-0.1, -0.05) is 12.1 Å². The molecule has 0 aliphatic rings. The summed E-state index contributed by atoms with van der Waals surface area (Å²) in [5, 5.41) is 2.39. The van der Waals surface area contributed by atoms with Crippen molar-refractivity contribution in [2.24, 2.45) is 0 Å². The number of aromatic nitrogens is 1. The predicted molar refractivity (Wildman–Crippen MR) is 131 cm³/mol. The van der Waals surface area contributed by atoms with Gasteiger partial charge in [-0.3, -0.25) is 9.59 Å². The van der Waals surface area contributed by atoms with Crippen LogP contribution in [0.5, 0.6) is 11.5 Å². The molecule has 1 heterocycles. The Morgan fingerprint density at radius 2 is 1.84 bits per heavy atom. The molecule has 2 aromatic carbocycles. The van der Waals surface area contributed by atoms with Gasteiger partial charge in [-0.25, -0.2) is 4.39 Å². The number of H-pyrrole nitrogens is 1. The third-order valence-corrected chi connectivity index (χ3v) is 5.23. The Morgan fingerprint density at radius 3 is 2.49 bits per heavy atom. The number of benzene rings is 2. The van der Waals surface area contributed by atoms with E-state index in [9.17, 15) is 27.2 Å². The molecule has 0 spiro atoms. The number of pyridine rings is 1. The molecule has 37 heavy (non-hydrogen) atoms. The molecule has 198 valence electrons. The van der Waals surface area contributed by atoms with Gasteiger partial charge < -0.3 is 24.7 Å². The fourth-order valence-corrected chi connectivity index (χ4v) is 3.45. The molecular weight excluding hydrogens is 494 g/mol. The molecule has 0 unspecified atom stereocenters. The molecule has 0 saturated carbocycles. The van der Waals surface area contributed by atoms with Crippen molar-refractivity contribution in [2.45, 2.75) is 19.5 Å². The zero-order valence-electron chi connectivity index (χ0n) is 20.5. The zero-order chi connectivity index (χ0) is 27.2. The lowest BCUT2D eigenvalue weighted by Gasteiger charge is -2.15. The Bertz CT molecular complexity index is 1310. The maximum Gasteiger partial charge on any atom is 0.416 e. The van der Waals surface area contributed by atoms with E-state index >= 15 is 0 Å². The highest BCUT2D eigenvalue weighted by Gasteiger charge is 2.31. The summed E-state index contributed by atoms with van der Waals surface area (Å²) in [4.78, 5) is 28.5. The molecule has 0 bridgehead atoms. The summed E-state index contributed by atoms with van der Waals surface area (Å²) in [6.45, 7) is 2.68. The third kappa shape index (κ3) is 7.81. The van der Waals surface area contributed by atoms with Crippen molar-refractivity contribution in [3.8, 4) is 22.6 Å². The van der Waals surface area contributed by atoms with Gasteiger partial charge in [0.05, 0.1) is 18.6 Å². The number of likely N-dealkylation sites (N-methyl/N-ethyl adjacent to an activating group) is 1. The highest BCUT2D eigenvalue weighted by Crippen LogP contribution is 2.34. The van der Waals surface area contributed by atoms with Crippen molar-refractivity contribution in [3.63, 3.8) is 0 Å². The molecule has 11 heteroatoms. The summed E-state index contributed by atoms with van der Waals surface area (Å²) < 4.78 is 65.8. The Balaban J connectivity index is 1.78. The molecular formula is C26H27F4N3O4. The highest BCUT2D eigenvalue weighted by atomic mass is 19.4. The molecule has 7 nitrogen and oxygen atoms in total.